The molecule has 0 bridgehead atoms. The molecule has 2 heteroatoms. The lowest BCUT2D eigenvalue weighted by Crippen LogP contribution is -2.18. The van der Waals surface area contributed by atoms with E-state index in [9.17, 15) is 0 Å². The summed E-state index contributed by atoms with van der Waals surface area (Å²) in [6.45, 7) is 15.0. The molecule has 2 aromatic carbocycles. The van der Waals surface area contributed by atoms with Crippen LogP contribution in [0.15, 0.2) is 34.3 Å². The summed E-state index contributed by atoms with van der Waals surface area (Å²) in [4.78, 5) is 9.88. The largest absolute Gasteiger partial charge is 0.257 e. The first-order valence-electron chi connectivity index (χ1n) is 8.53. The van der Waals surface area contributed by atoms with Crippen LogP contribution in [0.25, 0.3) is 0 Å². The quantitative estimate of drug-likeness (QED) is 0.719. The van der Waals surface area contributed by atoms with E-state index in [1.165, 1.54) is 44.5 Å². The van der Waals surface area contributed by atoms with Gasteiger partial charge in [-0.2, -0.15) is 0 Å². The SMILES string of the molecule is Cc1cc(C)c(C2=NC(C)(c3c(C)cc(C)cc3C)N=C2)c(C)c1. The number of rotatable bonds is 2. The number of hydrogen-bond acceptors (Lipinski definition) is 2. The zero-order chi connectivity index (χ0) is 17.6. The second-order valence-electron chi connectivity index (χ2n) is 7.32. The maximum atomic E-state index is 5.06. The average Bonchev–Trinajstić information content (AvgIpc) is 2.78. The highest BCUT2D eigenvalue weighted by molar-refractivity contribution is 6.40. The highest BCUT2D eigenvalue weighted by Gasteiger charge is 2.32. The van der Waals surface area contributed by atoms with E-state index >= 15 is 0 Å². The smallest absolute Gasteiger partial charge is 0.174 e. The molecular formula is C22H26N2. The molecule has 0 fully saturated rings. The summed E-state index contributed by atoms with van der Waals surface area (Å²) in [5, 5.41) is 0. The fourth-order valence-corrected chi connectivity index (χ4v) is 4.23. The van der Waals surface area contributed by atoms with Crippen molar-refractivity contribution < 1.29 is 0 Å². The van der Waals surface area contributed by atoms with Crippen molar-refractivity contribution in [3.8, 4) is 0 Å². The molecule has 24 heavy (non-hydrogen) atoms. The Morgan fingerprint density at radius 3 is 1.67 bits per heavy atom. The first kappa shape index (κ1) is 16.6. The lowest BCUT2D eigenvalue weighted by Gasteiger charge is -2.23. The van der Waals surface area contributed by atoms with Gasteiger partial charge in [0.1, 0.15) is 0 Å². The van der Waals surface area contributed by atoms with Crippen molar-refractivity contribution in [1.82, 2.24) is 0 Å². The van der Waals surface area contributed by atoms with Gasteiger partial charge in [-0.25, -0.2) is 4.99 Å². The molecule has 0 saturated heterocycles. The predicted molar refractivity (Wildman–Crippen MR) is 104 cm³/mol. The maximum absolute atomic E-state index is 5.06. The van der Waals surface area contributed by atoms with Crippen LogP contribution in [0.5, 0.6) is 0 Å². The van der Waals surface area contributed by atoms with Crippen LogP contribution < -0.4 is 0 Å². The second kappa shape index (κ2) is 5.70. The zero-order valence-electron chi connectivity index (χ0n) is 15.8. The summed E-state index contributed by atoms with van der Waals surface area (Å²) in [6.07, 6.45) is 1.95. The van der Waals surface area contributed by atoms with Crippen LogP contribution in [0.1, 0.15) is 51.4 Å². The third-order valence-electron chi connectivity index (χ3n) is 4.86. The van der Waals surface area contributed by atoms with Gasteiger partial charge in [-0.05, 0) is 70.7 Å². The van der Waals surface area contributed by atoms with Crippen molar-refractivity contribution in [2.75, 3.05) is 0 Å². The molecule has 1 atom stereocenters. The normalized spacial score (nSPS) is 19.7. The highest BCUT2D eigenvalue weighted by atomic mass is 15.1. The first-order chi connectivity index (χ1) is 11.2. The molecule has 0 spiro atoms. The summed E-state index contributed by atoms with van der Waals surface area (Å²) in [5.41, 5.74) is 10.5. The Morgan fingerprint density at radius 2 is 1.17 bits per heavy atom. The topological polar surface area (TPSA) is 24.7 Å². The van der Waals surface area contributed by atoms with Crippen LogP contribution >= 0.6 is 0 Å². The van der Waals surface area contributed by atoms with E-state index in [0.717, 1.165) is 5.71 Å². The van der Waals surface area contributed by atoms with Gasteiger partial charge in [0.15, 0.2) is 5.66 Å². The first-order valence-corrected chi connectivity index (χ1v) is 8.53. The molecule has 1 aliphatic rings. The van der Waals surface area contributed by atoms with Crippen molar-refractivity contribution >= 4 is 11.9 Å². The van der Waals surface area contributed by atoms with Crippen LogP contribution in [0, 0.1) is 41.5 Å². The number of benzene rings is 2. The molecule has 1 aliphatic heterocycles. The summed E-state index contributed by atoms with van der Waals surface area (Å²) >= 11 is 0. The molecule has 0 amide bonds. The third-order valence-corrected chi connectivity index (χ3v) is 4.86. The average molecular weight is 318 g/mol. The van der Waals surface area contributed by atoms with Gasteiger partial charge in [-0.1, -0.05) is 35.4 Å². The van der Waals surface area contributed by atoms with Crippen molar-refractivity contribution in [1.29, 1.82) is 0 Å². The number of aliphatic imine (C=N–C) groups is 2. The van der Waals surface area contributed by atoms with Crippen LogP contribution in [-0.4, -0.2) is 11.9 Å². The number of hydrogen-bond donors (Lipinski definition) is 0. The van der Waals surface area contributed by atoms with E-state index in [0.29, 0.717) is 0 Å². The summed E-state index contributed by atoms with van der Waals surface area (Å²) in [5.74, 6) is 0. The van der Waals surface area contributed by atoms with Gasteiger partial charge in [-0.3, -0.25) is 4.99 Å². The fourth-order valence-electron chi connectivity index (χ4n) is 4.23. The van der Waals surface area contributed by atoms with Gasteiger partial charge >= 0.3 is 0 Å². The Morgan fingerprint density at radius 1 is 0.708 bits per heavy atom. The van der Waals surface area contributed by atoms with E-state index in [1.54, 1.807) is 0 Å². The van der Waals surface area contributed by atoms with Gasteiger partial charge in [0, 0.05) is 11.1 Å². The van der Waals surface area contributed by atoms with Crippen LogP contribution in [0.3, 0.4) is 0 Å². The van der Waals surface area contributed by atoms with Crippen molar-refractivity contribution in [2.45, 2.75) is 54.1 Å². The van der Waals surface area contributed by atoms with Gasteiger partial charge in [-0.15, -0.1) is 0 Å². The fraction of sp³-hybridized carbons (Fsp3) is 0.364. The number of aryl methyl sites for hydroxylation is 6. The third kappa shape index (κ3) is 2.71. The predicted octanol–water partition coefficient (Wildman–Crippen LogP) is 5.28. The van der Waals surface area contributed by atoms with Gasteiger partial charge in [0.05, 0.1) is 11.9 Å². The summed E-state index contributed by atoms with van der Waals surface area (Å²) < 4.78 is 0. The van der Waals surface area contributed by atoms with E-state index < -0.39 is 5.66 Å². The Labute approximate surface area is 145 Å². The molecule has 0 N–H and O–H groups in total. The molecule has 1 unspecified atom stereocenters. The minimum Gasteiger partial charge on any atom is -0.257 e. The van der Waals surface area contributed by atoms with Crippen LogP contribution in [-0.2, 0) is 5.66 Å². The van der Waals surface area contributed by atoms with Crippen LogP contribution in [0.2, 0.25) is 0 Å². The molecule has 0 radical (unpaired) electrons. The molecule has 2 aromatic rings. The molecule has 124 valence electrons. The molecule has 0 aliphatic carbocycles. The van der Waals surface area contributed by atoms with E-state index in [-0.39, 0.29) is 0 Å². The summed E-state index contributed by atoms with van der Waals surface area (Å²) in [7, 11) is 0. The molecule has 2 nitrogen and oxygen atoms in total. The monoisotopic (exact) mass is 318 g/mol. The molecule has 0 saturated carbocycles. The number of nitrogens with zero attached hydrogens (tertiary/aromatic N) is 2. The summed E-state index contributed by atoms with van der Waals surface area (Å²) in [6, 6.07) is 8.88. The van der Waals surface area contributed by atoms with Gasteiger partial charge in [0.25, 0.3) is 0 Å². The Hall–Kier alpha value is -2.22. The van der Waals surface area contributed by atoms with E-state index in [4.69, 9.17) is 9.98 Å². The zero-order valence-corrected chi connectivity index (χ0v) is 15.8. The lowest BCUT2D eigenvalue weighted by molar-refractivity contribution is 0.535. The van der Waals surface area contributed by atoms with Crippen LogP contribution in [0.4, 0.5) is 0 Å². The van der Waals surface area contributed by atoms with Gasteiger partial charge in [0.2, 0.25) is 0 Å². The van der Waals surface area contributed by atoms with Gasteiger partial charge < -0.3 is 0 Å². The molecule has 3 rings (SSSR count). The second-order valence-corrected chi connectivity index (χ2v) is 7.32. The Bertz CT molecular complexity index is 841. The highest BCUT2D eigenvalue weighted by Crippen LogP contribution is 2.36. The Kier molecular flexibility index (Phi) is 3.95. The molecular weight excluding hydrogens is 292 g/mol. The maximum Gasteiger partial charge on any atom is 0.174 e. The standard InChI is InChI=1S/C22H26N2/c1-13-8-15(3)20(16(4)9-13)19-12-23-22(7,24-19)21-17(5)10-14(2)11-18(21)6/h8-12H,1-7H3. The Balaban J connectivity index is 2.14. The molecule has 1 heterocycles. The van der Waals surface area contributed by atoms with Crippen molar-refractivity contribution in [3.05, 3.63) is 68.8 Å². The minimum atomic E-state index is -0.527. The lowest BCUT2D eigenvalue weighted by atomic mass is 9.91. The minimum absolute atomic E-state index is 0.527. The van der Waals surface area contributed by atoms with E-state index in [2.05, 4.69) is 72.7 Å². The van der Waals surface area contributed by atoms with Crippen molar-refractivity contribution in [3.63, 3.8) is 0 Å². The van der Waals surface area contributed by atoms with E-state index in [1.807, 2.05) is 6.21 Å². The van der Waals surface area contributed by atoms with Crippen molar-refractivity contribution in [2.24, 2.45) is 9.98 Å². The molecule has 0 aromatic heterocycles.